The highest BCUT2D eigenvalue weighted by atomic mass is 16.3. The van der Waals surface area contributed by atoms with Crippen molar-refractivity contribution in [3.05, 3.63) is 157 Å². The van der Waals surface area contributed by atoms with Crippen LogP contribution in [-0.4, -0.2) is 15.8 Å². The second-order valence-electron chi connectivity index (χ2n) is 12.9. The third kappa shape index (κ3) is 3.87. The van der Waals surface area contributed by atoms with Crippen LogP contribution in [0.2, 0.25) is 0 Å². The lowest BCUT2D eigenvalue weighted by molar-refractivity contribution is 0.111. The molecular formula is C44H33NO. The molecule has 1 heterocycles. The van der Waals surface area contributed by atoms with Crippen LogP contribution in [0.1, 0.15) is 13.8 Å². The largest absolute Gasteiger partial charge is 0.386 e. The van der Waals surface area contributed by atoms with E-state index in [4.69, 9.17) is 0 Å². The number of benzene rings is 7. The summed E-state index contributed by atoms with van der Waals surface area (Å²) in [6.07, 6.45) is 5.60. The monoisotopic (exact) mass is 591 g/mol. The lowest BCUT2D eigenvalue weighted by Gasteiger charge is -2.37. The van der Waals surface area contributed by atoms with Crippen molar-refractivity contribution in [1.82, 2.24) is 4.57 Å². The summed E-state index contributed by atoms with van der Waals surface area (Å²) in [4.78, 5) is 0. The van der Waals surface area contributed by atoms with Gasteiger partial charge in [-0.25, -0.2) is 0 Å². The number of aromatic nitrogens is 1. The molecule has 9 rings (SSSR count). The van der Waals surface area contributed by atoms with E-state index in [1.54, 1.807) is 0 Å². The minimum atomic E-state index is -0.607. The lowest BCUT2D eigenvalue weighted by Crippen LogP contribution is -2.42. The molecule has 2 atom stereocenters. The first-order valence-corrected chi connectivity index (χ1v) is 16.0. The highest BCUT2D eigenvalue weighted by Crippen LogP contribution is 2.42. The van der Waals surface area contributed by atoms with Gasteiger partial charge in [-0.15, -0.1) is 0 Å². The van der Waals surface area contributed by atoms with Gasteiger partial charge in [-0.2, -0.15) is 0 Å². The SMILES string of the molecule is CC1=CC=CC(C)(n2c3ccccc3c3cc(-c4cccc(-c5ccc6c7ccccc7c7ccccc7c6c5)c4)ccc32)C1O. The summed E-state index contributed by atoms with van der Waals surface area (Å²) in [5, 5.41) is 21.5. The van der Waals surface area contributed by atoms with Crippen LogP contribution in [0.25, 0.3) is 76.4 Å². The molecular weight excluding hydrogens is 558 g/mol. The number of fused-ring (bicyclic) bond motifs is 9. The summed E-state index contributed by atoms with van der Waals surface area (Å²) in [6.45, 7) is 4.13. The predicted octanol–water partition coefficient (Wildman–Crippen LogP) is 11.2. The summed E-state index contributed by atoms with van der Waals surface area (Å²) in [7, 11) is 0. The van der Waals surface area contributed by atoms with E-state index in [1.807, 2.05) is 13.0 Å². The molecule has 1 aromatic heterocycles. The first-order valence-electron chi connectivity index (χ1n) is 16.0. The third-order valence-corrected chi connectivity index (χ3v) is 10.2. The van der Waals surface area contributed by atoms with Crippen molar-refractivity contribution in [3.8, 4) is 22.3 Å². The van der Waals surface area contributed by atoms with Gasteiger partial charge >= 0.3 is 0 Å². The van der Waals surface area contributed by atoms with E-state index in [2.05, 4.69) is 157 Å². The van der Waals surface area contributed by atoms with Crippen LogP contribution in [0.3, 0.4) is 0 Å². The molecule has 0 radical (unpaired) electrons. The van der Waals surface area contributed by atoms with Crippen LogP contribution in [0.15, 0.2) is 157 Å². The Hall–Kier alpha value is -5.44. The Morgan fingerprint density at radius 1 is 0.500 bits per heavy atom. The first kappa shape index (κ1) is 26.9. The van der Waals surface area contributed by atoms with Gasteiger partial charge in [-0.3, -0.25) is 0 Å². The molecule has 0 saturated carbocycles. The Bertz CT molecular complexity index is 2550. The van der Waals surface area contributed by atoms with Crippen LogP contribution >= 0.6 is 0 Å². The molecule has 2 unspecified atom stereocenters. The maximum absolute atomic E-state index is 11.4. The van der Waals surface area contributed by atoms with E-state index in [9.17, 15) is 5.11 Å². The lowest BCUT2D eigenvalue weighted by atomic mass is 9.85. The molecule has 8 aromatic rings. The minimum absolute atomic E-state index is 0.590. The normalized spacial score (nSPS) is 18.2. The van der Waals surface area contributed by atoms with Gasteiger partial charge in [-0.1, -0.05) is 121 Å². The third-order valence-electron chi connectivity index (χ3n) is 10.2. The smallest absolute Gasteiger partial charge is 0.102 e. The number of para-hydroxylation sites is 1. The Labute approximate surface area is 268 Å². The van der Waals surface area contributed by atoms with Crippen molar-refractivity contribution < 1.29 is 5.11 Å². The molecule has 1 aliphatic rings. The molecule has 2 heteroatoms. The molecule has 0 fully saturated rings. The van der Waals surface area contributed by atoms with Crippen molar-refractivity contribution >= 4 is 54.1 Å². The molecule has 0 saturated heterocycles. The van der Waals surface area contributed by atoms with Crippen molar-refractivity contribution in [2.24, 2.45) is 0 Å². The van der Waals surface area contributed by atoms with E-state index in [1.165, 1.54) is 65.3 Å². The topological polar surface area (TPSA) is 25.2 Å². The number of aliphatic hydroxyl groups excluding tert-OH is 1. The Morgan fingerprint density at radius 2 is 1.00 bits per heavy atom. The van der Waals surface area contributed by atoms with Crippen molar-refractivity contribution in [3.63, 3.8) is 0 Å². The van der Waals surface area contributed by atoms with E-state index < -0.39 is 11.6 Å². The highest BCUT2D eigenvalue weighted by Gasteiger charge is 2.37. The highest BCUT2D eigenvalue weighted by molar-refractivity contribution is 6.25. The van der Waals surface area contributed by atoms with Gasteiger partial charge in [0.05, 0.1) is 11.1 Å². The van der Waals surface area contributed by atoms with Gasteiger partial charge in [0.1, 0.15) is 6.10 Å². The standard InChI is InChI=1S/C44H33NO/c1-28-11-10-24-44(2,43(28)46)45-41-19-8-7-18-38(41)40-27-32(21-23-42(40)45)30-13-9-12-29(25-30)31-20-22-37-35-16-4-3-14-33(35)34-15-5-6-17-36(34)39(37)26-31/h3-27,43,46H,1-2H3. The van der Waals surface area contributed by atoms with Gasteiger partial charge in [0.25, 0.3) is 0 Å². The summed E-state index contributed by atoms with van der Waals surface area (Å²) in [6, 6.07) is 48.6. The van der Waals surface area contributed by atoms with Gasteiger partial charge in [-0.05, 0) is 104 Å². The summed E-state index contributed by atoms with van der Waals surface area (Å²) >= 11 is 0. The van der Waals surface area contributed by atoms with Crippen molar-refractivity contribution in [2.45, 2.75) is 25.5 Å². The molecule has 0 amide bonds. The zero-order valence-corrected chi connectivity index (χ0v) is 25.9. The molecule has 0 aliphatic heterocycles. The van der Waals surface area contributed by atoms with Gasteiger partial charge < -0.3 is 9.67 Å². The Morgan fingerprint density at radius 3 is 1.67 bits per heavy atom. The number of rotatable bonds is 3. The second kappa shape index (κ2) is 10.0. The second-order valence-corrected chi connectivity index (χ2v) is 12.9. The Kier molecular flexibility index (Phi) is 5.87. The number of hydrogen-bond acceptors (Lipinski definition) is 1. The van der Waals surface area contributed by atoms with Crippen molar-refractivity contribution in [1.29, 1.82) is 0 Å². The summed E-state index contributed by atoms with van der Waals surface area (Å²) < 4.78 is 2.32. The fourth-order valence-corrected chi connectivity index (χ4v) is 7.87. The summed E-state index contributed by atoms with van der Waals surface area (Å²) in [5.74, 6) is 0. The maximum Gasteiger partial charge on any atom is 0.102 e. The van der Waals surface area contributed by atoms with Gasteiger partial charge in [0.2, 0.25) is 0 Å². The van der Waals surface area contributed by atoms with E-state index in [0.29, 0.717) is 0 Å². The average Bonchev–Trinajstić information content (AvgIpc) is 3.45. The Balaban J connectivity index is 1.19. The number of nitrogens with zero attached hydrogens (tertiary/aromatic N) is 1. The number of aliphatic hydroxyl groups is 1. The first-order chi connectivity index (χ1) is 22.5. The maximum atomic E-state index is 11.4. The van der Waals surface area contributed by atoms with Crippen LogP contribution in [0, 0.1) is 0 Å². The molecule has 1 N–H and O–H groups in total. The quantitative estimate of drug-likeness (QED) is 0.203. The fraction of sp³-hybridized carbons (Fsp3) is 0.0909. The van der Waals surface area contributed by atoms with Crippen molar-refractivity contribution in [2.75, 3.05) is 0 Å². The van der Waals surface area contributed by atoms with Gasteiger partial charge in [0.15, 0.2) is 0 Å². The van der Waals surface area contributed by atoms with E-state index >= 15 is 0 Å². The summed E-state index contributed by atoms with van der Waals surface area (Å²) in [5.41, 5.74) is 7.40. The van der Waals surface area contributed by atoms with Crippen LogP contribution < -0.4 is 0 Å². The molecule has 2 nitrogen and oxygen atoms in total. The molecule has 7 aromatic carbocycles. The molecule has 220 valence electrons. The predicted molar refractivity (Wildman–Crippen MR) is 195 cm³/mol. The molecule has 0 bridgehead atoms. The molecule has 0 spiro atoms. The zero-order chi connectivity index (χ0) is 31.0. The van der Waals surface area contributed by atoms with Crippen LogP contribution in [-0.2, 0) is 5.54 Å². The van der Waals surface area contributed by atoms with E-state index in [0.717, 1.165) is 16.6 Å². The van der Waals surface area contributed by atoms with Gasteiger partial charge in [0, 0.05) is 16.3 Å². The molecule has 46 heavy (non-hydrogen) atoms. The molecule has 1 aliphatic carbocycles. The average molecular weight is 592 g/mol. The zero-order valence-electron chi connectivity index (χ0n) is 25.9. The number of allylic oxidation sites excluding steroid dienone is 2. The van der Waals surface area contributed by atoms with Crippen LogP contribution in [0.5, 0.6) is 0 Å². The van der Waals surface area contributed by atoms with E-state index in [-0.39, 0.29) is 0 Å². The number of hydrogen-bond donors (Lipinski definition) is 1. The van der Waals surface area contributed by atoms with Crippen LogP contribution in [0.4, 0.5) is 0 Å². The minimum Gasteiger partial charge on any atom is -0.386 e. The fourth-order valence-electron chi connectivity index (χ4n) is 7.87.